The molecule has 0 saturated carbocycles. The Balaban J connectivity index is -0.000000174. The van der Waals surface area contributed by atoms with E-state index in [4.69, 9.17) is 2.74 Å². The van der Waals surface area contributed by atoms with Crippen molar-refractivity contribution < 1.29 is 143 Å². The van der Waals surface area contributed by atoms with Gasteiger partial charge in [0, 0.05) is 90.2 Å². The molecule has 4 aliphatic rings. The molecule has 6 N–H and O–H groups in total. The zero-order valence-electron chi connectivity index (χ0n) is 51.5. The van der Waals surface area contributed by atoms with Gasteiger partial charge in [0.15, 0.2) is 0 Å². The van der Waals surface area contributed by atoms with Gasteiger partial charge in [0.05, 0.1) is 5.54 Å². The second kappa shape index (κ2) is 39.4. The maximum atomic E-state index is 11.1. The van der Waals surface area contributed by atoms with Crippen LogP contribution in [0.25, 0.3) is 10.6 Å². The van der Waals surface area contributed by atoms with Gasteiger partial charge in [0.1, 0.15) is 0 Å². The van der Waals surface area contributed by atoms with Crippen LogP contribution in [0.3, 0.4) is 0 Å². The van der Waals surface area contributed by atoms with Crippen LogP contribution < -0.4 is 148 Å². The zero-order valence-corrected chi connectivity index (χ0v) is 59.4. The minimum absolute atomic E-state index is 0. The van der Waals surface area contributed by atoms with E-state index in [1.54, 1.807) is 20.8 Å². The molecule has 4 saturated heterocycles. The normalized spacial score (nSPS) is 18.9. The fourth-order valence-electron chi connectivity index (χ4n) is 6.28. The van der Waals surface area contributed by atoms with Crippen molar-refractivity contribution in [1.29, 1.82) is 0 Å². The van der Waals surface area contributed by atoms with Gasteiger partial charge in [0.25, 0.3) is 0 Å². The quantitative estimate of drug-likeness (QED) is 0.225. The first-order valence-electron chi connectivity index (χ1n) is 25.6. The summed E-state index contributed by atoms with van der Waals surface area (Å²) in [6.45, 7) is 50.7. The van der Waals surface area contributed by atoms with Gasteiger partial charge in [-0.05, 0) is 66.2 Å². The Morgan fingerprint density at radius 3 is 1.22 bits per heavy atom. The zero-order chi connectivity index (χ0) is 54.8. The van der Waals surface area contributed by atoms with E-state index < -0.39 is 11.9 Å². The molecule has 5 amide bonds. The average Bonchev–Trinajstić information content (AvgIpc) is 3.89. The molecule has 0 aromatic rings. The number of rotatable bonds is 7. The predicted molar refractivity (Wildman–Crippen MR) is 282 cm³/mol. The second-order valence-corrected chi connectivity index (χ2v) is 23.8. The van der Waals surface area contributed by atoms with Gasteiger partial charge >= 0.3 is 116 Å². The third kappa shape index (κ3) is 51.8. The van der Waals surface area contributed by atoms with E-state index in [-0.39, 0.29) is 168 Å². The number of nitrogens with one attached hydrogen (secondary N) is 6. The van der Waals surface area contributed by atoms with E-state index in [1.165, 1.54) is 14.0 Å². The Kier molecular flexibility index (Phi) is 43.7. The van der Waals surface area contributed by atoms with Crippen LogP contribution in [0.4, 0.5) is 0 Å². The number of carbonyl (C=O) groups excluding carboxylic acids is 5. The van der Waals surface area contributed by atoms with Crippen molar-refractivity contribution >= 4 is 29.5 Å². The molecule has 68 heavy (non-hydrogen) atoms. The molecule has 0 aliphatic carbocycles. The number of hydrogen-bond donors (Lipinski definition) is 6. The molecule has 4 rings (SSSR count). The van der Waals surface area contributed by atoms with Crippen molar-refractivity contribution in [3.05, 3.63) is 10.6 Å². The molecule has 2 atom stereocenters. The van der Waals surface area contributed by atoms with E-state index in [0.29, 0.717) is 35.8 Å². The molecule has 0 bridgehead atoms. The molecule has 1 spiro atoms. The van der Waals surface area contributed by atoms with Gasteiger partial charge in [-0.15, -0.1) is 13.0 Å². The molecule has 4 aliphatic heterocycles. The van der Waals surface area contributed by atoms with E-state index >= 15 is 0 Å². The van der Waals surface area contributed by atoms with Crippen molar-refractivity contribution in [3.8, 4) is 0 Å². The van der Waals surface area contributed by atoms with Gasteiger partial charge in [-0.3, -0.25) is 34.2 Å². The summed E-state index contributed by atoms with van der Waals surface area (Å²) >= 11 is 0. The number of likely N-dealkylation sites (tertiary alicyclic amines) is 1. The molecule has 394 valence electrons. The molecular weight excluding hydrogens is 1000 g/mol. The van der Waals surface area contributed by atoms with Crippen molar-refractivity contribution in [2.45, 2.75) is 226 Å². The summed E-state index contributed by atoms with van der Waals surface area (Å²) in [7, 11) is 3.36. The Morgan fingerprint density at radius 2 is 1.04 bits per heavy atom. The Labute approximate surface area is 521 Å². The fourth-order valence-corrected chi connectivity index (χ4v) is 6.28. The average molecular weight is 1110 g/mol. The van der Waals surface area contributed by atoms with Crippen molar-refractivity contribution in [1.82, 2.24) is 36.8 Å². The van der Waals surface area contributed by atoms with Gasteiger partial charge in [-0.1, -0.05) is 122 Å². The Morgan fingerprint density at radius 1 is 0.647 bits per heavy atom. The smallest absolute Gasteiger partial charge is 0.665 e. The molecule has 4 fully saturated rings. The maximum absolute atomic E-state index is 11.1. The number of amides is 5. The first-order valence-corrected chi connectivity index (χ1v) is 24.6. The molecule has 0 aromatic heterocycles. The summed E-state index contributed by atoms with van der Waals surface area (Å²) in [5, 5.41) is 25.5. The second-order valence-electron chi connectivity index (χ2n) is 23.8. The monoisotopic (exact) mass is 1110 g/mol. The molecule has 4 heterocycles. The first-order chi connectivity index (χ1) is 30.5. The van der Waals surface area contributed by atoms with Crippen LogP contribution in [0.5, 0.6) is 0 Å². The number of hydrogen-bond acceptors (Lipinski definition) is 8. The van der Waals surface area contributed by atoms with Crippen LogP contribution in [0, 0.1) is 21.7 Å². The van der Waals surface area contributed by atoms with Gasteiger partial charge in [0.2, 0.25) is 29.5 Å². The fraction of sp³-hybridized carbons (Fsp3) is 0.904. The van der Waals surface area contributed by atoms with Crippen LogP contribution >= 0.6 is 0 Å². The van der Waals surface area contributed by atoms with Crippen molar-refractivity contribution in [3.63, 3.8) is 0 Å². The van der Waals surface area contributed by atoms with Crippen molar-refractivity contribution in [2.75, 3.05) is 59.9 Å². The van der Waals surface area contributed by atoms with Crippen LogP contribution in [0.15, 0.2) is 0 Å². The Hall–Kier alpha value is 0.960. The summed E-state index contributed by atoms with van der Waals surface area (Å²) in [6.07, 6.45) is 5.09. The van der Waals surface area contributed by atoms with E-state index in [2.05, 4.69) is 131 Å². The molecule has 16 heteroatoms. The van der Waals surface area contributed by atoms with E-state index in [0.717, 1.165) is 65.0 Å². The van der Waals surface area contributed by atoms with Gasteiger partial charge < -0.3 is 37.2 Å². The van der Waals surface area contributed by atoms with Crippen LogP contribution in [0.2, 0.25) is 0 Å². The van der Waals surface area contributed by atoms with Crippen LogP contribution in [0.1, 0.15) is 201 Å². The van der Waals surface area contributed by atoms with Crippen LogP contribution in [-0.2, 0) is 24.0 Å². The van der Waals surface area contributed by atoms with Crippen LogP contribution in [-0.4, -0.2) is 123 Å². The predicted octanol–water partition coefficient (Wildman–Crippen LogP) is 3.13. The minimum Gasteiger partial charge on any atom is -0.665 e. The number of nitrogens with zero attached hydrogens (tertiary/aromatic N) is 3. The Bertz CT molecular complexity index is 1400. The standard InChI is InChI=1S/C11H20N2O.2C9H18N2O.C7H13NO2.2C6H14N.2C2H6.2Rb/c1-10(2,3)6-13-7-11(8-13)5-4-9(14)12-11;2*1-9(2,3)10-6-7-4-5-8(12)11-7;1-5(9)8-6(10)7(2,3)4;2*1-6(2,3)5-7-4;2*1-2;;/h4-8H2,1-3H3,(H,12,14);2*7,10H,4-6H2,1-3H3,(H,11,12);1-4H3,(H,8,9,10);2*5H2,1-4H3;2*1-2H3;;/q;;;;2*-1;;;2*+1/t;7-;;;;;;;;/m.0......../s1/i;;;;5D2;;;;;. The largest absolute Gasteiger partial charge is 1.00 e. The maximum Gasteiger partial charge on any atom is 1.00 e. The SMILES string of the molecule is CC.CC.CC(=O)NC(=O)C(C)(C)C.CC(C)(C)CN1CC2(CCC(=O)N2)C1.CC(C)(C)NCC1CCC(=O)N1.CC(C)(C)NC[C@@H]1CCC(=O)N1.C[N-]CC(C)(C)C.[2H]C([2H])([N-]C)C(C)(C)C.[Rb+].[Rb+]. The van der Waals surface area contributed by atoms with E-state index in [1.807, 2.05) is 55.5 Å². The third-order valence-corrected chi connectivity index (χ3v) is 8.96. The minimum atomic E-state index is -1.40. The molecule has 14 nitrogen and oxygen atoms in total. The summed E-state index contributed by atoms with van der Waals surface area (Å²) in [4.78, 5) is 56.5. The van der Waals surface area contributed by atoms with E-state index in [9.17, 15) is 24.0 Å². The summed E-state index contributed by atoms with van der Waals surface area (Å²) in [5.74, 6) is 0.0757. The van der Waals surface area contributed by atoms with Gasteiger partial charge in [-0.2, -0.15) is 14.1 Å². The third-order valence-electron chi connectivity index (χ3n) is 8.96. The molecular formula is C52H109N9O5Rb2. The molecule has 0 radical (unpaired) electrons. The van der Waals surface area contributed by atoms with Crippen molar-refractivity contribution in [2.24, 2.45) is 21.7 Å². The number of imide groups is 1. The van der Waals surface area contributed by atoms with Gasteiger partial charge in [-0.25, -0.2) is 0 Å². The summed E-state index contributed by atoms with van der Waals surface area (Å²) < 4.78 is 14.7. The topological polar surface area (TPSA) is 189 Å². The summed E-state index contributed by atoms with van der Waals surface area (Å²) in [6, 6.07) is 0.688. The summed E-state index contributed by atoms with van der Waals surface area (Å²) in [5.41, 5.74) is 0.329. The molecule has 1 unspecified atom stereocenters. The first kappa shape index (κ1) is 75.5. The number of carbonyl (C=O) groups is 5. The molecule has 0 aromatic carbocycles.